The zero-order valence-electron chi connectivity index (χ0n) is 6.04. The van der Waals surface area contributed by atoms with Crippen molar-refractivity contribution in [2.75, 3.05) is 0 Å². The van der Waals surface area contributed by atoms with Gasteiger partial charge in [-0.15, -0.1) is 0 Å². The molecule has 0 aliphatic heterocycles. The molecule has 0 saturated heterocycles. The highest BCUT2D eigenvalue weighted by Crippen LogP contribution is 2.08. The van der Waals surface area contributed by atoms with Gasteiger partial charge < -0.3 is 5.73 Å². The highest BCUT2D eigenvalue weighted by molar-refractivity contribution is 5.24. The predicted octanol–water partition coefficient (Wildman–Crippen LogP) is 1.33. The summed E-state index contributed by atoms with van der Waals surface area (Å²) < 4.78 is 0. The average Bonchev–Trinajstić information content (AvgIpc) is 2.05. The molecule has 0 spiro atoms. The summed E-state index contributed by atoms with van der Waals surface area (Å²) in [5, 5.41) is 0. The fourth-order valence-corrected chi connectivity index (χ4v) is 0.757. The van der Waals surface area contributed by atoms with Crippen molar-refractivity contribution < 1.29 is 0 Å². The molecule has 0 unspecified atom stereocenters. The maximum atomic E-state index is 5.67. The second-order valence-corrected chi connectivity index (χ2v) is 2.12. The molecule has 0 saturated carbocycles. The van der Waals surface area contributed by atoms with Gasteiger partial charge in [-0.2, -0.15) is 0 Å². The van der Waals surface area contributed by atoms with Crippen LogP contribution in [-0.4, -0.2) is 4.98 Å². The Morgan fingerprint density at radius 2 is 2.50 bits per heavy atom. The van der Waals surface area contributed by atoms with Gasteiger partial charge in [0.15, 0.2) is 0 Å². The van der Waals surface area contributed by atoms with Gasteiger partial charge in [0.25, 0.3) is 0 Å². The molecule has 2 N–H and O–H groups in total. The highest BCUT2D eigenvalue weighted by atomic mass is 14.7. The maximum Gasteiger partial charge on any atom is 0.0647 e. The van der Waals surface area contributed by atoms with E-state index < -0.39 is 0 Å². The third-order valence-electron chi connectivity index (χ3n) is 1.41. The van der Waals surface area contributed by atoms with E-state index in [9.17, 15) is 0 Å². The molecule has 0 amide bonds. The topological polar surface area (TPSA) is 38.9 Å². The first-order chi connectivity index (χ1) is 4.84. The van der Waals surface area contributed by atoms with Crippen LogP contribution in [0.1, 0.15) is 18.9 Å². The number of rotatable bonds is 2. The molecule has 0 aromatic carbocycles. The summed E-state index contributed by atoms with van der Waals surface area (Å²) >= 11 is 0. The second kappa shape index (κ2) is 3.32. The highest BCUT2D eigenvalue weighted by Gasteiger charge is 2.01. The molecule has 10 heavy (non-hydrogen) atoms. The second-order valence-electron chi connectivity index (χ2n) is 2.12. The van der Waals surface area contributed by atoms with Crippen LogP contribution < -0.4 is 5.73 Å². The first kappa shape index (κ1) is 7.22. The summed E-state index contributed by atoms with van der Waals surface area (Å²) in [5.41, 5.74) is 6.70. The lowest BCUT2D eigenvalue weighted by molar-refractivity contribution is 0.918. The number of nitrogens with zero attached hydrogens (tertiary/aromatic N) is 1. The first-order valence-electron chi connectivity index (χ1n) is 3.36. The van der Waals surface area contributed by atoms with Crippen LogP contribution in [-0.2, 0) is 0 Å². The summed E-state index contributed by atoms with van der Waals surface area (Å²) in [4.78, 5) is 3.95. The quantitative estimate of drug-likeness (QED) is 0.664. The van der Waals surface area contributed by atoms with Crippen LogP contribution in [0.15, 0.2) is 24.5 Å². The van der Waals surface area contributed by atoms with E-state index in [-0.39, 0.29) is 0 Å². The van der Waals surface area contributed by atoms with Crippen molar-refractivity contribution in [3.05, 3.63) is 36.1 Å². The summed E-state index contributed by atoms with van der Waals surface area (Å²) in [6.45, 7) is 2.03. The van der Waals surface area contributed by atoms with Crippen LogP contribution in [0.3, 0.4) is 0 Å². The predicted molar refractivity (Wildman–Crippen MR) is 41.1 cm³/mol. The molecular weight excluding hydrogens is 124 g/mol. The molecule has 1 rings (SSSR count). The number of hydrogen-bond donors (Lipinski definition) is 1. The Hall–Kier alpha value is -0.890. The Balaban J connectivity index is 2.75. The number of hydrogen-bond acceptors (Lipinski definition) is 2. The van der Waals surface area contributed by atoms with E-state index in [1.165, 1.54) is 0 Å². The summed E-state index contributed by atoms with van der Waals surface area (Å²) in [6.07, 6.45) is 4.40. The van der Waals surface area contributed by atoms with Gasteiger partial charge in [-0.1, -0.05) is 13.0 Å². The lowest BCUT2D eigenvalue weighted by Gasteiger charge is -2.05. The summed E-state index contributed by atoms with van der Waals surface area (Å²) in [6, 6.07) is 4.75. The van der Waals surface area contributed by atoms with Crippen molar-refractivity contribution in [3.63, 3.8) is 0 Å². The van der Waals surface area contributed by atoms with E-state index in [4.69, 9.17) is 5.73 Å². The van der Waals surface area contributed by atoms with Crippen LogP contribution in [0.5, 0.6) is 0 Å². The monoisotopic (exact) mass is 135 g/mol. The molecule has 2 heteroatoms. The van der Waals surface area contributed by atoms with E-state index in [0.29, 0.717) is 0 Å². The molecular formula is C8H11N2. The van der Waals surface area contributed by atoms with E-state index in [1.54, 1.807) is 12.4 Å². The van der Waals surface area contributed by atoms with Gasteiger partial charge in [-0.05, 0) is 18.1 Å². The first-order valence-corrected chi connectivity index (χ1v) is 3.36. The molecule has 0 fully saturated rings. The van der Waals surface area contributed by atoms with Crippen molar-refractivity contribution in [3.8, 4) is 0 Å². The SMILES string of the molecule is CC[C](N)c1cccnc1. The van der Waals surface area contributed by atoms with E-state index >= 15 is 0 Å². The standard InChI is InChI=1S/C8H11N2/c1-2-8(9)7-4-3-5-10-6-7/h3-6H,2,9H2,1H3. The van der Waals surface area contributed by atoms with Crippen molar-refractivity contribution in [1.82, 2.24) is 4.98 Å². The number of nitrogens with two attached hydrogens (primary N) is 1. The van der Waals surface area contributed by atoms with Gasteiger partial charge in [0.2, 0.25) is 0 Å². The van der Waals surface area contributed by atoms with Crippen molar-refractivity contribution in [1.29, 1.82) is 0 Å². The smallest absolute Gasteiger partial charge is 0.0647 e. The Labute approximate surface area is 61.1 Å². The molecule has 1 aromatic heterocycles. The molecule has 0 bridgehead atoms. The minimum Gasteiger partial charge on any atom is -0.320 e. The largest absolute Gasteiger partial charge is 0.320 e. The number of pyridine rings is 1. The Morgan fingerprint density at radius 1 is 1.70 bits per heavy atom. The van der Waals surface area contributed by atoms with Crippen molar-refractivity contribution in [2.45, 2.75) is 13.3 Å². The fourth-order valence-electron chi connectivity index (χ4n) is 0.757. The van der Waals surface area contributed by atoms with Gasteiger partial charge >= 0.3 is 0 Å². The lowest BCUT2D eigenvalue weighted by Crippen LogP contribution is -2.09. The molecule has 53 valence electrons. The van der Waals surface area contributed by atoms with Gasteiger partial charge in [0, 0.05) is 12.4 Å². The number of aromatic nitrogens is 1. The molecule has 0 aliphatic carbocycles. The van der Waals surface area contributed by atoms with Gasteiger partial charge in [-0.3, -0.25) is 4.98 Å². The normalized spacial score (nSPS) is 10.3. The zero-order valence-corrected chi connectivity index (χ0v) is 6.04. The third kappa shape index (κ3) is 1.54. The minimum atomic E-state index is 0.881. The van der Waals surface area contributed by atoms with Gasteiger partial charge in [0.05, 0.1) is 6.04 Å². The van der Waals surface area contributed by atoms with Gasteiger partial charge in [0.1, 0.15) is 0 Å². The molecule has 2 nitrogen and oxygen atoms in total. The van der Waals surface area contributed by atoms with Gasteiger partial charge in [-0.25, -0.2) is 0 Å². The minimum absolute atomic E-state index is 0.881. The summed E-state index contributed by atoms with van der Waals surface area (Å²) in [7, 11) is 0. The van der Waals surface area contributed by atoms with E-state index in [0.717, 1.165) is 18.0 Å². The molecule has 1 radical (unpaired) electrons. The van der Waals surface area contributed by atoms with Crippen LogP contribution in [0.2, 0.25) is 0 Å². The molecule has 0 atom stereocenters. The average molecular weight is 135 g/mol. The lowest BCUT2D eigenvalue weighted by atomic mass is 10.1. The zero-order chi connectivity index (χ0) is 7.40. The van der Waals surface area contributed by atoms with Crippen LogP contribution in [0.4, 0.5) is 0 Å². The van der Waals surface area contributed by atoms with Crippen LogP contribution in [0, 0.1) is 6.04 Å². The van der Waals surface area contributed by atoms with Crippen LogP contribution >= 0.6 is 0 Å². The van der Waals surface area contributed by atoms with Crippen LogP contribution in [0.25, 0.3) is 0 Å². The third-order valence-corrected chi connectivity index (χ3v) is 1.41. The molecule has 1 heterocycles. The van der Waals surface area contributed by atoms with Crippen molar-refractivity contribution >= 4 is 0 Å². The fraction of sp³-hybridized carbons (Fsp3) is 0.250. The van der Waals surface area contributed by atoms with E-state index in [1.807, 2.05) is 19.1 Å². The Bertz CT molecular complexity index is 184. The molecule has 1 aromatic rings. The Morgan fingerprint density at radius 3 is 3.00 bits per heavy atom. The van der Waals surface area contributed by atoms with Crippen molar-refractivity contribution in [2.24, 2.45) is 5.73 Å². The Kier molecular flexibility index (Phi) is 2.40. The maximum absolute atomic E-state index is 5.67. The van der Waals surface area contributed by atoms with E-state index in [2.05, 4.69) is 4.98 Å². The summed E-state index contributed by atoms with van der Waals surface area (Å²) in [5.74, 6) is 0. The molecule has 0 aliphatic rings.